The predicted octanol–water partition coefficient (Wildman–Crippen LogP) is 1.92. The van der Waals surface area contributed by atoms with Crippen LogP contribution in [0.15, 0.2) is 30.3 Å². The molecule has 0 spiro atoms. The van der Waals surface area contributed by atoms with Crippen LogP contribution >= 0.6 is 0 Å². The largest absolute Gasteiger partial charge is 0.478 e. The second kappa shape index (κ2) is 7.02. The van der Waals surface area contributed by atoms with E-state index in [1.54, 1.807) is 44.2 Å². The number of carboxylic acid groups (broad SMARTS) is 1. The first-order valence-electron chi connectivity index (χ1n) is 6.37. The quantitative estimate of drug-likeness (QED) is 0.610. The smallest absolute Gasteiger partial charge is 0.359 e. The molecule has 110 valence electrons. The van der Waals surface area contributed by atoms with E-state index in [0.717, 1.165) is 5.06 Å². The van der Waals surface area contributed by atoms with Gasteiger partial charge in [0.1, 0.15) is 0 Å². The molecule has 1 amide bonds. The Kier molecular flexibility index (Phi) is 5.66. The molecule has 1 atom stereocenters. The molecule has 1 rings (SSSR count). The van der Waals surface area contributed by atoms with Crippen LogP contribution in [0.1, 0.15) is 31.1 Å². The van der Waals surface area contributed by atoms with E-state index in [2.05, 4.69) is 0 Å². The Morgan fingerprint density at radius 1 is 1.20 bits per heavy atom. The summed E-state index contributed by atoms with van der Waals surface area (Å²) in [6.45, 7) is 4.89. The van der Waals surface area contributed by atoms with Gasteiger partial charge in [-0.2, -0.15) is 5.06 Å². The third-order valence-electron chi connectivity index (χ3n) is 2.67. The van der Waals surface area contributed by atoms with Crippen molar-refractivity contribution in [1.29, 1.82) is 0 Å². The summed E-state index contributed by atoms with van der Waals surface area (Å²) in [5, 5.41) is 10.1. The number of rotatable bonds is 7. The Balaban J connectivity index is 3.15. The van der Waals surface area contributed by atoms with Crippen LogP contribution < -0.4 is 0 Å². The van der Waals surface area contributed by atoms with Crippen LogP contribution in [-0.4, -0.2) is 41.0 Å². The monoisotopic (exact) mass is 281 g/mol. The molecule has 20 heavy (non-hydrogen) atoms. The maximum Gasteiger partial charge on any atom is 0.359 e. The van der Waals surface area contributed by atoms with E-state index in [0.29, 0.717) is 5.56 Å². The maximum atomic E-state index is 12.4. The van der Waals surface area contributed by atoms with Crippen molar-refractivity contribution in [1.82, 2.24) is 5.06 Å². The van der Waals surface area contributed by atoms with Gasteiger partial charge in [0.2, 0.25) is 0 Å². The molecule has 6 heteroatoms. The van der Waals surface area contributed by atoms with Gasteiger partial charge in [0.15, 0.2) is 0 Å². The van der Waals surface area contributed by atoms with Gasteiger partial charge in [0.05, 0.1) is 6.61 Å². The molecule has 0 aromatic heterocycles. The number of amides is 1. The molecule has 0 saturated heterocycles. The third kappa shape index (κ3) is 3.34. The van der Waals surface area contributed by atoms with Gasteiger partial charge in [-0.3, -0.25) is 9.63 Å². The van der Waals surface area contributed by atoms with Crippen LogP contribution in [0.2, 0.25) is 0 Å². The Labute approximate surface area is 117 Å². The molecule has 0 bridgehead atoms. The third-order valence-corrected chi connectivity index (χ3v) is 2.67. The fourth-order valence-corrected chi connectivity index (χ4v) is 1.69. The van der Waals surface area contributed by atoms with Gasteiger partial charge in [-0.25, -0.2) is 4.79 Å². The Morgan fingerprint density at radius 3 is 2.25 bits per heavy atom. The Bertz CT molecular complexity index is 462. The fourth-order valence-electron chi connectivity index (χ4n) is 1.69. The molecular formula is C14H19NO5. The molecule has 0 heterocycles. The predicted molar refractivity (Wildman–Crippen MR) is 71.9 cm³/mol. The zero-order valence-corrected chi connectivity index (χ0v) is 11.8. The summed E-state index contributed by atoms with van der Waals surface area (Å²) < 4.78 is 5.23. The van der Waals surface area contributed by atoms with E-state index >= 15 is 0 Å². The lowest BCUT2D eigenvalue weighted by molar-refractivity contribution is -0.266. The molecule has 0 aliphatic rings. The normalized spacial score (nSPS) is 13.6. The lowest BCUT2D eigenvalue weighted by Gasteiger charge is -2.35. The molecule has 1 N–H and O–H groups in total. The first-order chi connectivity index (χ1) is 9.47. The second-order valence-corrected chi connectivity index (χ2v) is 4.10. The lowest BCUT2D eigenvalue weighted by atomic mass is 10.1. The van der Waals surface area contributed by atoms with E-state index in [1.165, 1.54) is 6.92 Å². The van der Waals surface area contributed by atoms with Crippen molar-refractivity contribution in [3.05, 3.63) is 35.9 Å². The molecule has 1 aromatic carbocycles. The minimum Gasteiger partial charge on any atom is -0.478 e. The number of aliphatic carboxylic acids is 1. The molecule has 0 aliphatic heterocycles. The van der Waals surface area contributed by atoms with E-state index in [1.807, 2.05) is 0 Å². The summed E-state index contributed by atoms with van der Waals surface area (Å²) in [5.41, 5.74) is -1.55. The topological polar surface area (TPSA) is 76.1 Å². The van der Waals surface area contributed by atoms with Gasteiger partial charge in [0, 0.05) is 12.2 Å². The lowest BCUT2D eigenvalue weighted by Crippen LogP contribution is -2.56. The van der Waals surface area contributed by atoms with Gasteiger partial charge in [-0.05, 0) is 32.9 Å². The maximum absolute atomic E-state index is 12.4. The minimum absolute atomic E-state index is 0.133. The van der Waals surface area contributed by atoms with E-state index in [-0.39, 0.29) is 13.2 Å². The summed E-state index contributed by atoms with van der Waals surface area (Å²) in [6, 6.07) is 8.32. The minimum atomic E-state index is -1.88. The van der Waals surface area contributed by atoms with Crippen molar-refractivity contribution in [2.24, 2.45) is 0 Å². The van der Waals surface area contributed by atoms with Crippen LogP contribution in [0.4, 0.5) is 0 Å². The summed E-state index contributed by atoms with van der Waals surface area (Å²) in [7, 11) is 0. The number of carbonyl (C=O) groups is 2. The molecule has 0 fully saturated rings. The molecule has 6 nitrogen and oxygen atoms in total. The number of hydrogen-bond donors (Lipinski definition) is 1. The fraction of sp³-hybridized carbons (Fsp3) is 0.429. The average Bonchev–Trinajstić information content (AvgIpc) is 2.45. The Morgan fingerprint density at radius 2 is 1.80 bits per heavy atom. The van der Waals surface area contributed by atoms with Crippen LogP contribution in [0.25, 0.3) is 0 Å². The van der Waals surface area contributed by atoms with Crippen molar-refractivity contribution in [2.75, 3.05) is 13.2 Å². The van der Waals surface area contributed by atoms with Crippen molar-refractivity contribution >= 4 is 11.9 Å². The van der Waals surface area contributed by atoms with E-state index < -0.39 is 17.6 Å². The van der Waals surface area contributed by atoms with Gasteiger partial charge >= 0.3 is 5.97 Å². The van der Waals surface area contributed by atoms with Gasteiger partial charge in [0.25, 0.3) is 11.6 Å². The van der Waals surface area contributed by atoms with Crippen LogP contribution in [0.3, 0.4) is 0 Å². The number of nitrogens with zero attached hydrogens (tertiary/aromatic N) is 1. The average molecular weight is 281 g/mol. The summed E-state index contributed by atoms with van der Waals surface area (Å²) >= 11 is 0. The number of ether oxygens (including phenoxy) is 1. The molecule has 1 aromatic rings. The van der Waals surface area contributed by atoms with Crippen molar-refractivity contribution < 1.29 is 24.3 Å². The summed E-state index contributed by atoms with van der Waals surface area (Å²) in [6.07, 6.45) is 0. The van der Waals surface area contributed by atoms with Crippen LogP contribution in [-0.2, 0) is 14.4 Å². The van der Waals surface area contributed by atoms with Gasteiger partial charge in [-0.1, -0.05) is 18.2 Å². The standard InChI is InChI=1S/C14H19NO5/c1-4-19-14(3,13(17)18)15(20-5-2)12(16)11-9-7-6-8-10-11/h6-10H,4-5H2,1-3H3,(H,17,18). The van der Waals surface area contributed by atoms with Gasteiger partial charge in [-0.15, -0.1) is 0 Å². The van der Waals surface area contributed by atoms with Crippen molar-refractivity contribution in [2.45, 2.75) is 26.5 Å². The highest BCUT2D eigenvalue weighted by Gasteiger charge is 2.45. The van der Waals surface area contributed by atoms with Crippen LogP contribution in [0.5, 0.6) is 0 Å². The number of carboxylic acids is 1. The SMILES string of the molecule is CCON(C(=O)c1ccccc1)C(C)(OCC)C(=O)O. The van der Waals surface area contributed by atoms with E-state index in [4.69, 9.17) is 9.57 Å². The summed E-state index contributed by atoms with van der Waals surface area (Å²) in [4.78, 5) is 29.1. The molecule has 1 unspecified atom stereocenters. The number of benzene rings is 1. The second-order valence-electron chi connectivity index (χ2n) is 4.10. The zero-order valence-electron chi connectivity index (χ0n) is 11.8. The number of hydroxylamine groups is 2. The first kappa shape index (κ1) is 16.1. The van der Waals surface area contributed by atoms with Gasteiger partial charge < -0.3 is 9.84 Å². The van der Waals surface area contributed by atoms with Crippen LogP contribution in [0, 0.1) is 0 Å². The van der Waals surface area contributed by atoms with Crippen molar-refractivity contribution in [3.8, 4) is 0 Å². The zero-order chi connectivity index (χ0) is 15.2. The molecule has 0 aliphatic carbocycles. The first-order valence-corrected chi connectivity index (χ1v) is 6.37. The number of carbonyl (C=O) groups excluding carboxylic acids is 1. The highest BCUT2D eigenvalue weighted by atomic mass is 16.7. The van der Waals surface area contributed by atoms with E-state index in [9.17, 15) is 14.7 Å². The molecule has 0 radical (unpaired) electrons. The Hall–Kier alpha value is -1.92. The highest BCUT2D eigenvalue weighted by molar-refractivity contribution is 5.96. The van der Waals surface area contributed by atoms with Crippen molar-refractivity contribution in [3.63, 3.8) is 0 Å². The summed E-state index contributed by atoms with van der Waals surface area (Å²) in [5.74, 6) is -1.86. The number of hydrogen-bond acceptors (Lipinski definition) is 4. The highest BCUT2D eigenvalue weighted by Crippen LogP contribution is 2.21. The molecular weight excluding hydrogens is 262 g/mol. The molecule has 0 saturated carbocycles.